The Morgan fingerprint density at radius 2 is 1.93 bits per heavy atom. The largest absolute Gasteiger partial charge is 0.337 e. The second-order valence-electron chi connectivity index (χ2n) is 6.60. The van der Waals surface area contributed by atoms with Crippen LogP contribution in [0.4, 0.5) is 0 Å². The Hall–Kier alpha value is -2.51. The Morgan fingerprint density at radius 1 is 1.14 bits per heavy atom. The van der Waals surface area contributed by atoms with Crippen LogP contribution < -0.4 is 0 Å². The van der Waals surface area contributed by atoms with E-state index in [1.807, 2.05) is 52.7 Å². The third-order valence-electron chi connectivity index (χ3n) is 4.63. The second-order valence-corrected chi connectivity index (χ2v) is 9.24. The van der Waals surface area contributed by atoms with Crippen LogP contribution in [0.2, 0.25) is 0 Å². The maximum absolute atomic E-state index is 12.5. The Labute approximate surface area is 170 Å². The molecule has 0 spiro atoms. The van der Waals surface area contributed by atoms with Crippen molar-refractivity contribution in [3.63, 3.8) is 0 Å². The van der Waals surface area contributed by atoms with E-state index in [0.29, 0.717) is 31.1 Å². The molecule has 0 radical (unpaired) electrons. The van der Waals surface area contributed by atoms with E-state index in [9.17, 15) is 9.00 Å². The highest BCUT2D eigenvalue weighted by Crippen LogP contribution is 2.28. The summed E-state index contributed by atoms with van der Waals surface area (Å²) in [5, 5.41) is 6.78. The molecule has 1 aromatic carbocycles. The molecule has 144 valence electrons. The molecule has 1 saturated heterocycles. The fourth-order valence-electron chi connectivity index (χ4n) is 3.14. The highest BCUT2D eigenvalue weighted by Gasteiger charge is 2.18. The van der Waals surface area contributed by atoms with Crippen molar-refractivity contribution in [3.8, 4) is 10.6 Å². The van der Waals surface area contributed by atoms with Gasteiger partial charge in [0.15, 0.2) is 0 Å². The zero-order valence-corrected chi connectivity index (χ0v) is 17.0. The van der Waals surface area contributed by atoms with Gasteiger partial charge in [0.2, 0.25) is 5.91 Å². The topological polar surface area (TPSA) is 55.2 Å². The Morgan fingerprint density at radius 3 is 2.64 bits per heavy atom. The highest BCUT2D eigenvalue weighted by atomic mass is 32.2. The number of rotatable bonds is 5. The third-order valence-corrected chi connectivity index (χ3v) is 6.78. The minimum absolute atomic E-state index is 0.0374. The molecule has 0 atom stereocenters. The second kappa shape index (κ2) is 8.67. The number of hydrogen-bond acceptors (Lipinski definition) is 4. The van der Waals surface area contributed by atoms with Crippen molar-refractivity contribution in [2.24, 2.45) is 0 Å². The molecule has 0 aliphatic carbocycles. The lowest BCUT2D eigenvalue weighted by atomic mass is 10.2. The van der Waals surface area contributed by atoms with E-state index >= 15 is 0 Å². The van der Waals surface area contributed by atoms with Crippen LogP contribution in [0, 0.1) is 0 Å². The van der Waals surface area contributed by atoms with Gasteiger partial charge in [-0.1, -0.05) is 36.4 Å². The Balaban J connectivity index is 1.56. The lowest BCUT2D eigenvalue weighted by molar-refractivity contribution is -0.125. The summed E-state index contributed by atoms with van der Waals surface area (Å²) in [4.78, 5) is 15.3. The van der Waals surface area contributed by atoms with Gasteiger partial charge in [-0.05, 0) is 23.1 Å². The van der Waals surface area contributed by atoms with Gasteiger partial charge in [0, 0.05) is 53.2 Å². The van der Waals surface area contributed by atoms with Gasteiger partial charge in [0.1, 0.15) is 5.69 Å². The molecule has 0 saturated carbocycles. The molecular weight excluding hydrogens is 390 g/mol. The molecule has 7 heteroatoms. The number of nitrogens with zero attached hydrogens (tertiary/aromatic N) is 3. The molecule has 4 rings (SSSR count). The maximum Gasteiger partial charge on any atom is 0.246 e. The molecule has 3 heterocycles. The van der Waals surface area contributed by atoms with Gasteiger partial charge in [0.05, 0.1) is 11.4 Å². The van der Waals surface area contributed by atoms with Crippen molar-refractivity contribution in [2.75, 3.05) is 24.6 Å². The van der Waals surface area contributed by atoms with Crippen molar-refractivity contribution >= 4 is 34.1 Å². The number of carbonyl (C=O) groups is 1. The summed E-state index contributed by atoms with van der Waals surface area (Å²) in [7, 11) is -0.787. The number of thiophene rings is 1. The summed E-state index contributed by atoms with van der Waals surface area (Å²) >= 11 is 1.63. The van der Waals surface area contributed by atoms with Gasteiger partial charge in [0.25, 0.3) is 0 Å². The van der Waals surface area contributed by atoms with E-state index in [-0.39, 0.29) is 5.91 Å². The van der Waals surface area contributed by atoms with Crippen molar-refractivity contribution in [1.82, 2.24) is 14.7 Å². The molecule has 0 bridgehead atoms. The van der Waals surface area contributed by atoms with Crippen molar-refractivity contribution in [1.29, 1.82) is 0 Å². The van der Waals surface area contributed by atoms with E-state index in [2.05, 4.69) is 12.1 Å². The first-order valence-electron chi connectivity index (χ1n) is 9.16. The Kier molecular flexibility index (Phi) is 5.83. The van der Waals surface area contributed by atoms with Crippen LogP contribution in [0.1, 0.15) is 11.1 Å². The monoisotopic (exact) mass is 411 g/mol. The van der Waals surface area contributed by atoms with E-state index in [4.69, 9.17) is 5.10 Å². The summed E-state index contributed by atoms with van der Waals surface area (Å²) < 4.78 is 13.4. The maximum atomic E-state index is 12.5. The van der Waals surface area contributed by atoms with E-state index in [1.54, 1.807) is 22.3 Å². The zero-order valence-electron chi connectivity index (χ0n) is 15.4. The molecule has 0 N–H and O–H groups in total. The third kappa shape index (κ3) is 4.48. The van der Waals surface area contributed by atoms with E-state index in [0.717, 1.165) is 16.1 Å². The molecule has 5 nitrogen and oxygen atoms in total. The van der Waals surface area contributed by atoms with Crippen LogP contribution in [-0.4, -0.2) is 49.4 Å². The highest BCUT2D eigenvalue weighted by molar-refractivity contribution is 7.85. The zero-order chi connectivity index (χ0) is 19.3. The summed E-state index contributed by atoms with van der Waals surface area (Å²) in [5.74, 6) is 1.09. The van der Waals surface area contributed by atoms with Crippen LogP contribution in [0.15, 0.2) is 60.1 Å². The molecule has 0 unspecified atom stereocenters. The standard InChI is InChI=1S/C21H21N3O2S2/c25-20(23-10-13-28(26)14-11-23)9-8-18-16-24(15-17-5-2-1-3-6-17)22-21(18)19-7-4-12-27-19/h1-9,12,16H,10-11,13-15H2/b9-8+. The Bertz CT molecular complexity index is 984. The number of aromatic nitrogens is 2. The van der Waals surface area contributed by atoms with Crippen molar-refractivity contribution in [3.05, 3.63) is 71.2 Å². The molecule has 2 aromatic heterocycles. The number of hydrogen-bond donors (Lipinski definition) is 0. The molecule has 1 amide bonds. The minimum atomic E-state index is -0.787. The molecule has 1 fully saturated rings. The average Bonchev–Trinajstić information content (AvgIpc) is 3.37. The quantitative estimate of drug-likeness (QED) is 0.606. The lowest BCUT2D eigenvalue weighted by Gasteiger charge is -2.24. The van der Waals surface area contributed by atoms with Crippen molar-refractivity contribution < 1.29 is 9.00 Å². The lowest BCUT2D eigenvalue weighted by Crippen LogP contribution is -2.40. The van der Waals surface area contributed by atoms with Gasteiger partial charge >= 0.3 is 0 Å². The number of amides is 1. The van der Waals surface area contributed by atoms with Gasteiger partial charge in [-0.2, -0.15) is 5.10 Å². The average molecular weight is 412 g/mol. The van der Waals surface area contributed by atoms with Crippen molar-refractivity contribution in [2.45, 2.75) is 6.54 Å². The molecule has 28 heavy (non-hydrogen) atoms. The SMILES string of the molecule is O=C(/C=C/c1cn(Cc2ccccc2)nc1-c1cccs1)N1CCS(=O)CC1. The normalized spacial score (nSPS) is 15.4. The molecular formula is C21H21N3O2S2. The van der Waals surface area contributed by atoms with Crippen LogP contribution in [-0.2, 0) is 22.1 Å². The molecule has 1 aliphatic heterocycles. The fraction of sp³-hybridized carbons (Fsp3) is 0.238. The number of benzene rings is 1. The molecule has 1 aliphatic rings. The van der Waals surface area contributed by atoms with Crippen LogP contribution in [0.25, 0.3) is 16.6 Å². The first kappa shape index (κ1) is 18.8. The van der Waals surface area contributed by atoms with Crippen LogP contribution in [0.3, 0.4) is 0 Å². The minimum Gasteiger partial charge on any atom is -0.337 e. The first-order chi connectivity index (χ1) is 13.7. The summed E-state index contributed by atoms with van der Waals surface area (Å²) in [5.41, 5.74) is 2.98. The van der Waals surface area contributed by atoms with Gasteiger partial charge < -0.3 is 4.90 Å². The van der Waals surface area contributed by atoms with Crippen LogP contribution in [0.5, 0.6) is 0 Å². The van der Waals surface area contributed by atoms with Gasteiger partial charge in [-0.3, -0.25) is 13.7 Å². The first-order valence-corrected chi connectivity index (χ1v) is 11.5. The van der Waals surface area contributed by atoms with E-state index < -0.39 is 10.8 Å². The van der Waals surface area contributed by atoms with Gasteiger partial charge in [-0.25, -0.2) is 0 Å². The van der Waals surface area contributed by atoms with Crippen LogP contribution >= 0.6 is 11.3 Å². The predicted octanol–water partition coefficient (Wildman–Crippen LogP) is 3.26. The summed E-state index contributed by atoms with van der Waals surface area (Å²) in [6.07, 6.45) is 5.43. The smallest absolute Gasteiger partial charge is 0.246 e. The summed E-state index contributed by atoms with van der Waals surface area (Å²) in [6, 6.07) is 14.2. The number of carbonyl (C=O) groups excluding carboxylic acids is 1. The predicted molar refractivity (Wildman–Crippen MR) is 115 cm³/mol. The fourth-order valence-corrected chi connectivity index (χ4v) is 4.92. The summed E-state index contributed by atoms with van der Waals surface area (Å²) in [6.45, 7) is 1.79. The van der Waals surface area contributed by atoms with Gasteiger partial charge in [-0.15, -0.1) is 11.3 Å². The van der Waals surface area contributed by atoms with E-state index in [1.165, 1.54) is 5.56 Å². The molecule has 3 aromatic rings.